The topological polar surface area (TPSA) is 71.0 Å². The van der Waals surface area contributed by atoms with Crippen LogP contribution in [0.1, 0.15) is 21.9 Å². The summed E-state index contributed by atoms with van der Waals surface area (Å²) in [5, 5.41) is 4.15. The molecular formula is C18H18ClN5O. The van der Waals surface area contributed by atoms with Gasteiger partial charge in [-0.1, -0.05) is 17.7 Å². The largest absolute Gasteiger partial charge is 0.362 e. The highest BCUT2D eigenvalue weighted by atomic mass is 35.5. The molecule has 6 nitrogen and oxygen atoms in total. The number of nitrogens with zero attached hydrogens (tertiary/aromatic N) is 4. The number of hydrogen-bond donors (Lipinski definition) is 1. The minimum atomic E-state index is -0.409. The molecule has 0 aliphatic heterocycles. The number of hydrogen-bond acceptors (Lipinski definition) is 5. The van der Waals surface area contributed by atoms with E-state index in [1.54, 1.807) is 24.3 Å². The van der Waals surface area contributed by atoms with E-state index in [9.17, 15) is 4.79 Å². The molecule has 1 amide bonds. The lowest BCUT2D eigenvalue weighted by molar-refractivity contribution is 0.101. The lowest BCUT2D eigenvalue weighted by Crippen LogP contribution is -2.20. The zero-order valence-corrected chi connectivity index (χ0v) is 15.2. The fourth-order valence-electron chi connectivity index (χ4n) is 2.63. The third kappa shape index (κ3) is 3.53. The Morgan fingerprint density at radius 3 is 2.56 bits per heavy atom. The first-order chi connectivity index (χ1) is 11.8. The number of halogens is 1. The number of rotatable bonds is 3. The molecule has 25 heavy (non-hydrogen) atoms. The summed E-state index contributed by atoms with van der Waals surface area (Å²) in [4.78, 5) is 27.7. The second-order valence-electron chi connectivity index (χ2n) is 6.01. The molecule has 0 saturated heterocycles. The molecule has 0 bridgehead atoms. The first-order valence-electron chi connectivity index (χ1n) is 7.75. The van der Waals surface area contributed by atoms with E-state index in [-0.39, 0.29) is 5.82 Å². The van der Waals surface area contributed by atoms with Crippen molar-refractivity contribution in [2.24, 2.45) is 0 Å². The highest BCUT2D eigenvalue weighted by Crippen LogP contribution is 2.25. The maximum Gasteiger partial charge on any atom is 0.293 e. The Balaban J connectivity index is 2.08. The number of carbonyl (C=O) groups excluding carboxylic acids is 1. The molecule has 0 aliphatic carbocycles. The quantitative estimate of drug-likeness (QED) is 0.777. The van der Waals surface area contributed by atoms with E-state index in [0.717, 1.165) is 16.6 Å². The Morgan fingerprint density at radius 2 is 1.88 bits per heavy atom. The van der Waals surface area contributed by atoms with Gasteiger partial charge in [-0.3, -0.25) is 4.79 Å². The summed E-state index contributed by atoms with van der Waals surface area (Å²) in [5.74, 6) is 0.313. The first-order valence-corrected chi connectivity index (χ1v) is 8.13. The maximum absolute atomic E-state index is 12.6. The Hall–Kier alpha value is -2.73. The third-order valence-electron chi connectivity index (χ3n) is 3.68. The number of aromatic nitrogens is 3. The molecule has 2 heterocycles. The SMILES string of the molecule is Cc1cc(C)c2c(N(C)C)nc(C(=O)Nc3cccc(Cl)c3)nc2n1. The molecule has 0 unspecified atom stereocenters. The summed E-state index contributed by atoms with van der Waals surface area (Å²) in [6.07, 6.45) is 0. The van der Waals surface area contributed by atoms with Crippen LogP contribution in [0.2, 0.25) is 5.02 Å². The summed E-state index contributed by atoms with van der Waals surface area (Å²) in [6, 6.07) is 8.90. The van der Waals surface area contributed by atoms with Crippen molar-refractivity contribution in [2.45, 2.75) is 13.8 Å². The fraction of sp³-hybridized carbons (Fsp3) is 0.222. The van der Waals surface area contributed by atoms with Gasteiger partial charge >= 0.3 is 0 Å². The van der Waals surface area contributed by atoms with Gasteiger partial charge in [-0.05, 0) is 43.7 Å². The van der Waals surface area contributed by atoms with Gasteiger partial charge in [-0.25, -0.2) is 15.0 Å². The van der Waals surface area contributed by atoms with Crippen LogP contribution in [-0.4, -0.2) is 35.0 Å². The van der Waals surface area contributed by atoms with E-state index < -0.39 is 5.91 Å². The summed E-state index contributed by atoms with van der Waals surface area (Å²) in [7, 11) is 3.75. The van der Waals surface area contributed by atoms with Gasteiger partial charge in [0.05, 0.1) is 5.39 Å². The summed E-state index contributed by atoms with van der Waals surface area (Å²) in [6.45, 7) is 3.88. The maximum atomic E-state index is 12.6. The standard InChI is InChI=1S/C18H18ClN5O/c1-10-8-11(2)20-15-14(10)17(24(3)4)23-16(22-15)18(25)21-13-7-5-6-12(19)9-13/h5-9H,1-4H3,(H,21,25). The van der Waals surface area contributed by atoms with E-state index in [1.165, 1.54) is 0 Å². The molecule has 0 spiro atoms. The third-order valence-corrected chi connectivity index (χ3v) is 3.92. The predicted molar refractivity (Wildman–Crippen MR) is 101 cm³/mol. The second kappa shape index (κ2) is 6.64. The van der Waals surface area contributed by atoms with Crippen molar-refractivity contribution in [3.63, 3.8) is 0 Å². The van der Waals surface area contributed by atoms with E-state index in [0.29, 0.717) is 22.2 Å². The molecule has 0 saturated carbocycles. The molecule has 2 aromatic heterocycles. The molecule has 1 aromatic carbocycles. The average molecular weight is 356 g/mol. The number of carbonyl (C=O) groups is 1. The Labute approximate surface area is 150 Å². The van der Waals surface area contributed by atoms with Crippen molar-refractivity contribution < 1.29 is 4.79 Å². The normalized spacial score (nSPS) is 10.8. The molecule has 0 fully saturated rings. The molecular weight excluding hydrogens is 338 g/mol. The van der Waals surface area contributed by atoms with Gasteiger partial charge in [0.15, 0.2) is 5.65 Å². The molecule has 1 N–H and O–H groups in total. The highest BCUT2D eigenvalue weighted by molar-refractivity contribution is 6.30. The number of benzene rings is 1. The number of amides is 1. The average Bonchev–Trinajstić information content (AvgIpc) is 2.53. The number of nitrogens with one attached hydrogen (secondary N) is 1. The van der Waals surface area contributed by atoms with E-state index in [2.05, 4.69) is 20.3 Å². The van der Waals surface area contributed by atoms with Crippen LogP contribution in [0.25, 0.3) is 11.0 Å². The van der Waals surface area contributed by atoms with Gasteiger partial charge in [0.2, 0.25) is 5.82 Å². The number of pyridine rings is 1. The Kier molecular flexibility index (Phi) is 4.55. The van der Waals surface area contributed by atoms with Crippen molar-refractivity contribution in [1.29, 1.82) is 0 Å². The molecule has 0 radical (unpaired) electrons. The number of fused-ring (bicyclic) bond motifs is 1. The van der Waals surface area contributed by atoms with E-state index >= 15 is 0 Å². The predicted octanol–water partition coefficient (Wildman–Crippen LogP) is 3.61. The molecule has 0 atom stereocenters. The zero-order chi connectivity index (χ0) is 18.1. The lowest BCUT2D eigenvalue weighted by Gasteiger charge is -2.16. The molecule has 3 rings (SSSR count). The van der Waals surface area contributed by atoms with Crippen LogP contribution in [-0.2, 0) is 0 Å². The van der Waals surface area contributed by atoms with Crippen LogP contribution in [0.3, 0.4) is 0 Å². The summed E-state index contributed by atoms with van der Waals surface area (Å²) in [5.41, 5.74) is 2.95. The first kappa shape index (κ1) is 17.1. The van der Waals surface area contributed by atoms with Crippen molar-refractivity contribution in [3.05, 3.63) is 52.4 Å². The molecule has 0 aliphatic rings. The van der Waals surface area contributed by atoms with Gasteiger partial charge in [0.25, 0.3) is 5.91 Å². The van der Waals surface area contributed by atoms with Crippen molar-refractivity contribution in [1.82, 2.24) is 15.0 Å². The zero-order valence-electron chi connectivity index (χ0n) is 14.5. The van der Waals surface area contributed by atoms with Crippen LogP contribution < -0.4 is 10.2 Å². The van der Waals surface area contributed by atoms with Gasteiger partial charge in [0, 0.05) is 30.5 Å². The van der Waals surface area contributed by atoms with Crippen LogP contribution >= 0.6 is 11.6 Å². The molecule has 7 heteroatoms. The Morgan fingerprint density at radius 1 is 1.12 bits per heavy atom. The molecule has 3 aromatic rings. The number of aryl methyl sites for hydroxylation is 2. The fourth-order valence-corrected chi connectivity index (χ4v) is 2.82. The van der Waals surface area contributed by atoms with E-state index in [4.69, 9.17) is 11.6 Å². The monoisotopic (exact) mass is 355 g/mol. The number of anilines is 2. The Bertz CT molecular complexity index is 971. The van der Waals surface area contributed by atoms with Gasteiger partial charge in [-0.15, -0.1) is 0 Å². The second-order valence-corrected chi connectivity index (χ2v) is 6.45. The van der Waals surface area contributed by atoms with Crippen LogP contribution in [0, 0.1) is 13.8 Å². The van der Waals surface area contributed by atoms with Gasteiger partial charge in [0.1, 0.15) is 5.82 Å². The van der Waals surface area contributed by atoms with Gasteiger partial charge in [-0.2, -0.15) is 0 Å². The lowest BCUT2D eigenvalue weighted by atomic mass is 10.1. The smallest absolute Gasteiger partial charge is 0.293 e. The summed E-state index contributed by atoms with van der Waals surface area (Å²) < 4.78 is 0. The minimum absolute atomic E-state index is 0.0636. The minimum Gasteiger partial charge on any atom is -0.362 e. The van der Waals surface area contributed by atoms with Crippen molar-refractivity contribution in [3.8, 4) is 0 Å². The van der Waals surface area contributed by atoms with Crippen LogP contribution in [0.4, 0.5) is 11.5 Å². The van der Waals surface area contributed by atoms with E-state index in [1.807, 2.05) is 38.9 Å². The molecule has 128 valence electrons. The summed E-state index contributed by atoms with van der Waals surface area (Å²) >= 11 is 5.95. The highest BCUT2D eigenvalue weighted by Gasteiger charge is 2.18. The van der Waals surface area contributed by atoms with Crippen LogP contribution in [0.5, 0.6) is 0 Å². The van der Waals surface area contributed by atoms with Crippen molar-refractivity contribution in [2.75, 3.05) is 24.3 Å². The van der Waals surface area contributed by atoms with Crippen molar-refractivity contribution >= 4 is 40.0 Å². The van der Waals surface area contributed by atoms with Crippen LogP contribution in [0.15, 0.2) is 30.3 Å². The van der Waals surface area contributed by atoms with Gasteiger partial charge < -0.3 is 10.2 Å².